The molecule has 7 N–H and O–H groups in total. The van der Waals surface area contributed by atoms with Crippen LogP contribution in [0.3, 0.4) is 0 Å². The summed E-state index contributed by atoms with van der Waals surface area (Å²) in [6.07, 6.45) is 0. The van der Waals surface area contributed by atoms with E-state index in [0.717, 1.165) is 5.56 Å². The first kappa shape index (κ1) is 24.7. The molecular formula is C24H25ClN10O. The van der Waals surface area contributed by atoms with Gasteiger partial charge >= 0.3 is 0 Å². The average molecular weight is 505 g/mol. The van der Waals surface area contributed by atoms with Crippen molar-refractivity contribution < 1.29 is 0 Å². The number of aromatic nitrogens is 4. The first-order chi connectivity index (χ1) is 17.3. The summed E-state index contributed by atoms with van der Waals surface area (Å²) in [6, 6.07) is 16.2. The monoisotopic (exact) mass is 504 g/mol. The fourth-order valence-electron chi connectivity index (χ4n) is 3.93. The van der Waals surface area contributed by atoms with E-state index in [1.54, 1.807) is 25.1 Å². The van der Waals surface area contributed by atoms with Gasteiger partial charge in [0.15, 0.2) is 11.6 Å². The summed E-state index contributed by atoms with van der Waals surface area (Å²) >= 11 is 6.42. The molecule has 1 atom stereocenters. The van der Waals surface area contributed by atoms with E-state index in [1.807, 2.05) is 41.4 Å². The molecule has 0 fully saturated rings. The third-order valence-corrected chi connectivity index (χ3v) is 5.85. The molecule has 0 aliphatic heterocycles. The van der Waals surface area contributed by atoms with E-state index in [0.29, 0.717) is 41.4 Å². The lowest BCUT2D eigenvalue weighted by Crippen LogP contribution is -2.47. The van der Waals surface area contributed by atoms with Crippen LogP contribution in [0.1, 0.15) is 29.9 Å². The van der Waals surface area contributed by atoms with E-state index in [-0.39, 0.29) is 28.7 Å². The minimum absolute atomic E-state index is 0.0388. The van der Waals surface area contributed by atoms with E-state index < -0.39 is 6.04 Å². The zero-order valence-corrected chi connectivity index (χ0v) is 20.3. The molecule has 0 saturated heterocycles. The van der Waals surface area contributed by atoms with Crippen LogP contribution in [-0.4, -0.2) is 32.7 Å². The molecule has 0 amide bonds. The fraction of sp³-hybridized carbons (Fsp3) is 0.208. The molecule has 2 aromatic carbocycles. The summed E-state index contributed by atoms with van der Waals surface area (Å²) in [5, 5.41) is 15.1. The van der Waals surface area contributed by atoms with Gasteiger partial charge in [0.25, 0.3) is 5.56 Å². The van der Waals surface area contributed by atoms with Gasteiger partial charge in [-0.25, -0.2) is 9.66 Å². The van der Waals surface area contributed by atoms with E-state index in [1.165, 1.54) is 4.68 Å². The number of nitrogens with one attached hydrogen (secondary N) is 1. The minimum atomic E-state index is -0.613. The van der Waals surface area contributed by atoms with Crippen molar-refractivity contribution >= 4 is 40.1 Å². The lowest BCUT2D eigenvalue weighted by atomic mass is 10.2. The molecule has 36 heavy (non-hydrogen) atoms. The van der Waals surface area contributed by atoms with Crippen LogP contribution in [0.5, 0.6) is 0 Å². The zero-order chi connectivity index (χ0) is 25.8. The maximum Gasteiger partial charge on any atom is 0.281 e. The number of hydrogen-bond donors (Lipinski definition) is 4. The van der Waals surface area contributed by atoms with Gasteiger partial charge in [-0.3, -0.25) is 4.79 Å². The number of anilines is 3. The van der Waals surface area contributed by atoms with Crippen molar-refractivity contribution in [1.82, 2.24) is 19.6 Å². The van der Waals surface area contributed by atoms with Gasteiger partial charge in [0.1, 0.15) is 17.5 Å². The van der Waals surface area contributed by atoms with Crippen molar-refractivity contribution in [3.63, 3.8) is 0 Å². The van der Waals surface area contributed by atoms with Gasteiger partial charge in [-0.15, -0.1) is 0 Å². The number of fused-ring (bicyclic) bond motifs is 1. The highest BCUT2D eigenvalue weighted by Gasteiger charge is 2.24. The first-order valence-corrected chi connectivity index (χ1v) is 11.5. The van der Waals surface area contributed by atoms with Crippen molar-refractivity contribution in [2.75, 3.05) is 34.9 Å². The molecule has 0 aliphatic carbocycles. The van der Waals surface area contributed by atoms with Crippen LogP contribution in [0.15, 0.2) is 53.3 Å². The third-order valence-electron chi connectivity index (χ3n) is 5.53. The molecule has 2 heterocycles. The highest BCUT2D eigenvalue weighted by molar-refractivity contribution is 6.35. The lowest BCUT2D eigenvalue weighted by molar-refractivity contribution is 0.523. The number of nitrogen functional groups attached to an aromatic ring is 2. The van der Waals surface area contributed by atoms with Crippen molar-refractivity contribution in [3.8, 4) is 6.07 Å². The van der Waals surface area contributed by atoms with Crippen LogP contribution in [0.2, 0.25) is 5.02 Å². The number of nitriles is 1. The first-order valence-electron chi connectivity index (χ1n) is 11.1. The van der Waals surface area contributed by atoms with Gasteiger partial charge in [0.2, 0.25) is 5.95 Å². The summed E-state index contributed by atoms with van der Waals surface area (Å²) in [5.74, 6) is 0.351. The van der Waals surface area contributed by atoms with Gasteiger partial charge in [-0.1, -0.05) is 48.0 Å². The van der Waals surface area contributed by atoms with E-state index >= 15 is 0 Å². The van der Waals surface area contributed by atoms with Crippen molar-refractivity contribution in [2.24, 2.45) is 5.73 Å². The number of rotatable bonds is 8. The maximum atomic E-state index is 13.9. The Labute approximate surface area is 212 Å². The quantitative estimate of drug-likeness (QED) is 0.278. The Hall–Kier alpha value is -4.40. The van der Waals surface area contributed by atoms with E-state index in [9.17, 15) is 10.1 Å². The van der Waals surface area contributed by atoms with Gasteiger partial charge in [0, 0.05) is 13.1 Å². The zero-order valence-electron chi connectivity index (χ0n) is 19.5. The number of halogens is 1. The van der Waals surface area contributed by atoms with Crippen molar-refractivity contribution in [3.05, 3.63) is 80.9 Å². The molecule has 2 aromatic heterocycles. The molecule has 0 saturated carbocycles. The Morgan fingerprint density at radius 2 is 1.89 bits per heavy atom. The number of nitrogens with two attached hydrogens (primary N) is 3. The number of benzene rings is 2. The van der Waals surface area contributed by atoms with Crippen molar-refractivity contribution in [1.29, 1.82) is 5.26 Å². The number of hydrogen-bond acceptors (Lipinski definition) is 10. The highest BCUT2D eigenvalue weighted by atomic mass is 35.5. The summed E-state index contributed by atoms with van der Waals surface area (Å²) in [5.41, 5.74) is 18.7. The van der Waals surface area contributed by atoms with Crippen LogP contribution in [0.4, 0.5) is 17.6 Å². The van der Waals surface area contributed by atoms with Crippen LogP contribution >= 0.6 is 11.6 Å². The van der Waals surface area contributed by atoms with Gasteiger partial charge in [-0.2, -0.15) is 15.2 Å². The van der Waals surface area contributed by atoms with E-state index in [4.69, 9.17) is 33.8 Å². The van der Waals surface area contributed by atoms with Crippen molar-refractivity contribution in [2.45, 2.75) is 19.5 Å². The normalized spacial score (nSPS) is 11.7. The van der Waals surface area contributed by atoms with Crippen LogP contribution in [0, 0.1) is 11.3 Å². The number of nitrogens with zero attached hydrogens (tertiary/aromatic N) is 6. The Morgan fingerprint density at radius 3 is 2.58 bits per heavy atom. The second-order valence-corrected chi connectivity index (χ2v) is 8.46. The predicted octanol–water partition coefficient (Wildman–Crippen LogP) is 2.15. The van der Waals surface area contributed by atoms with Crippen LogP contribution < -0.4 is 33.1 Å². The van der Waals surface area contributed by atoms with Crippen LogP contribution in [-0.2, 0) is 6.54 Å². The summed E-state index contributed by atoms with van der Waals surface area (Å²) in [7, 11) is 0. The molecule has 12 heteroatoms. The molecule has 4 rings (SSSR count). The SMILES string of the molecule is C[C@H](Nc1nc(N)nc(N)c1C#N)c1nc2cccc(Cl)c2c(=O)n1N(CCN)Cc1ccccc1. The predicted molar refractivity (Wildman–Crippen MR) is 141 cm³/mol. The minimum Gasteiger partial charge on any atom is -0.382 e. The molecule has 0 radical (unpaired) electrons. The van der Waals surface area contributed by atoms with Crippen LogP contribution in [0.25, 0.3) is 10.9 Å². The molecular weight excluding hydrogens is 480 g/mol. The molecule has 4 aromatic rings. The smallest absolute Gasteiger partial charge is 0.281 e. The highest BCUT2D eigenvalue weighted by Crippen LogP contribution is 2.25. The Morgan fingerprint density at radius 1 is 1.14 bits per heavy atom. The summed E-state index contributed by atoms with van der Waals surface area (Å²) in [6.45, 7) is 2.83. The largest absolute Gasteiger partial charge is 0.382 e. The Bertz CT molecular complexity index is 1500. The maximum absolute atomic E-state index is 13.9. The summed E-state index contributed by atoms with van der Waals surface area (Å²) < 4.78 is 1.48. The molecule has 0 bridgehead atoms. The Kier molecular flexibility index (Phi) is 7.19. The second-order valence-electron chi connectivity index (χ2n) is 8.05. The van der Waals surface area contributed by atoms with E-state index in [2.05, 4.69) is 15.3 Å². The lowest BCUT2D eigenvalue weighted by Gasteiger charge is -2.30. The van der Waals surface area contributed by atoms with Gasteiger partial charge < -0.3 is 27.5 Å². The topological polar surface area (TPSA) is 178 Å². The Balaban J connectivity index is 1.90. The molecule has 0 aliphatic rings. The molecule has 184 valence electrons. The molecule has 0 unspecified atom stereocenters. The van der Waals surface area contributed by atoms with Gasteiger partial charge in [0.05, 0.1) is 28.5 Å². The average Bonchev–Trinajstić information content (AvgIpc) is 2.84. The van der Waals surface area contributed by atoms with Gasteiger partial charge in [-0.05, 0) is 24.6 Å². The fourth-order valence-corrected chi connectivity index (χ4v) is 4.18. The summed E-state index contributed by atoms with van der Waals surface area (Å²) in [4.78, 5) is 26.6. The second kappa shape index (κ2) is 10.5. The third kappa shape index (κ3) is 4.86. The molecule has 0 spiro atoms. The molecule has 11 nitrogen and oxygen atoms in total. The standard InChI is InChI=1S/C24H25ClN10O/c1-14(30-21-16(12-27)20(28)32-24(29)33-21)22-31-18-9-5-8-17(25)19(18)23(36)35(22)34(11-10-26)13-15-6-3-2-4-7-15/h2-9,14H,10-11,13,26H2,1H3,(H5,28,29,30,32,33)/t14-/m0/s1.